The maximum atomic E-state index is 13.5. The van der Waals surface area contributed by atoms with E-state index in [1.165, 1.54) is 11.3 Å². The van der Waals surface area contributed by atoms with Gasteiger partial charge >= 0.3 is 6.03 Å². The standard InChI is InChI=1S/C29H28N6O4S/c1-16-13-20(39-19-5-3-2-4-6-19)9-10-21(16)35-22-11-12-31-28-24(22)25(34-29(35)38)26(40-28)27(37)33-18-8-7-17(14-18)32-23(36)15-30/h2-6,9-13,17-18H,7-8,14-15,30H2,1H3,(H,32,36)(H,33,37)(H,34,38)/t17-,18-/m0/s1. The first kappa shape index (κ1) is 25.8. The molecule has 10 nitrogen and oxygen atoms in total. The van der Waals surface area contributed by atoms with Gasteiger partial charge in [-0.2, -0.15) is 0 Å². The molecule has 4 amide bonds. The molecule has 2 aromatic heterocycles. The van der Waals surface area contributed by atoms with Crippen LogP contribution in [-0.2, 0) is 4.79 Å². The van der Waals surface area contributed by atoms with Gasteiger partial charge in [-0.1, -0.05) is 18.2 Å². The summed E-state index contributed by atoms with van der Waals surface area (Å²) in [4.78, 5) is 45.6. The molecule has 4 aromatic rings. The maximum Gasteiger partial charge on any atom is 0.331 e. The SMILES string of the molecule is Cc1cc(Oc2ccccc2)ccc1N1C(=O)Nc2c(C(=O)N[C@H]3CC[C@H](NC(=O)CN)C3)sc3nccc1c23. The van der Waals surface area contributed by atoms with Crippen molar-refractivity contribution in [3.8, 4) is 11.5 Å². The summed E-state index contributed by atoms with van der Waals surface area (Å²) in [7, 11) is 0. The number of ether oxygens (including phenoxy) is 1. The smallest absolute Gasteiger partial charge is 0.331 e. The number of aryl methyl sites for hydroxylation is 1. The van der Waals surface area contributed by atoms with Gasteiger partial charge in [-0.3, -0.25) is 14.5 Å². The highest BCUT2D eigenvalue weighted by atomic mass is 32.1. The number of nitrogens with one attached hydrogen (secondary N) is 3. The topological polar surface area (TPSA) is 139 Å². The van der Waals surface area contributed by atoms with Crippen molar-refractivity contribution in [1.29, 1.82) is 0 Å². The Morgan fingerprint density at radius 1 is 1.07 bits per heavy atom. The Morgan fingerprint density at radius 2 is 1.85 bits per heavy atom. The van der Waals surface area contributed by atoms with E-state index in [0.717, 1.165) is 29.5 Å². The zero-order chi connectivity index (χ0) is 27.8. The molecule has 204 valence electrons. The van der Waals surface area contributed by atoms with Crippen LogP contribution >= 0.6 is 11.3 Å². The Bertz CT molecular complexity index is 1620. The molecule has 1 aliphatic heterocycles. The van der Waals surface area contributed by atoms with E-state index >= 15 is 0 Å². The first-order valence-corrected chi connectivity index (χ1v) is 13.9. The maximum absolute atomic E-state index is 13.5. The molecule has 5 N–H and O–H groups in total. The Kier molecular flexibility index (Phi) is 6.82. The molecular formula is C29H28N6O4S. The number of aromatic nitrogens is 1. The van der Waals surface area contributed by atoms with Crippen LogP contribution in [-0.4, -0.2) is 41.5 Å². The van der Waals surface area contributed by atoms with Crippen molar-refractivity contribution in [3.63, 3.8) is 0 Å². The molecule has 2 aliphatic rings. The third-order valence-corrected chi connectivity index (χ3v) is 8.26. The lowest BCUT2D eigenvalue weighted by Crippen LogP contribution is -2.39. The number of urea groups is 1. The molecule has 6 rings (SSSR count). The van der Waals surface area contributed by atoms with E-state index in [2.05, 4.69) is 20.9 Å². The zero-order valence-corrected chi connectivity index (χ0v) is 22.6. The number of hydrogen-bond acceptors (Lipinski definition) is 7. The monoisotopic (exact) mass is 556 g/mol. The molecular weight excluding hydrogens is 528 g/mol. The molecule has 0 bridgehead atoms. The average Bonchev–Trinajstić information content (AvgIpc) is 3.55. The van der Waals surface area contributed by atoms with Crippen LogP contribution in [0.5, 0.6) is 11.5 Å². The van der Waals surface area contributed by atoms with E-state index in [0.29, 0.717) is 38.9 Å². The van der Waals surface area contributed by atoms with Gasteiger partial charge in [0.15, 0.2) is 0 Å². The second-order valence-corrected chi connectivity index (χ2v) is 10.9. The molecule has 0 unspecified atom stereocenters. The third-order valence-electron chi connectivity index (χ3n) is 7.16. The first-order valence-electron chi connectivity index (χ1n) is 13.1. The summed E-state index contributed by atoms with van der Waals surface area (Å²) in [5.41, 5.74) is 8.07. The molecule has 0 radical (unpaired) electrons. The Morgan fingerprint density at radius 3 is 2.60 bits per heavy atom. The lowest BCUT2D eigenvalue weighted by Gasteiger charge is -2.29. The second kappa shape index (κ2) is 10.6. The minimum Gasteiger partial charge on any atom is -0.457 e. The van der Waals surface area contributed by atoms with Crippen LogP contribution in [0.15, 0.2) is 60.8 Å². The molecule has 3 heterocycles. The predicted octanol–water partition coefficient (Wildman–Crippen LogP) is 4.81. The van der Waals surface area contributed by atoms with Crippen LogP contribution in [0.25, 0.3) is 10.2 Å². The normalized spacial score (nSPS) is 17.9. The van der Waals surface area contributed by atoms with Crippen LogP contribution in [0.1, 0.15) is 34.5 Å². The molecule has 1 aliphatic carbocycles. The predicted molar refractivity (Wildman–Crippen MR) is 155 cm³/mol. The minimum absolute atomic E-state index is 0.0173. The Labute approximate surface area is 234 Å². The van der Waals surface area contributed by atoms with Crippen molar-refractivity contribution in [3.05, 3.63) is 71.2 Å². The highest BCUT2D eigenvalue weighted by Crippen LogP contribution is 2.46. The molecule has 1 saturated carbocycles. The first-order chi connectivity index (χ1) is 19.4. The number of carbonyl (C=O) groups is 3. The van der Waals surface area contributed by atoms with Crippen molar-refractivity contribution >= 4 is 56.5 Å². The van der Waals surface area contributed by atoms with Crippen LogP contribution in [0.3, 0.4) is 0 Å². The molecule has 2 aromatic carbocycles. The van der Waals surface area contributed by atoms with Crippen molar-refractivity contribution in [2.75, 3.05) is 16.8 Å². The molecule has 11 heteroatoms. The second-order valence-electron chi connectivity index (χ2n) is 9.90. The zero-order valence-electron chi connectivity index (χ0n) is 21.8. The van der Waals surface area contributed by atoms with Crippen molar-refractivity contribution in [1.82, 2.24) is 15.6 Å². The number of para-hydroxylation sites is 1. The average molecular weight is 557 g/mol. The van der Waals surface area contributed by atoms with E-state index < -0.39 is 0 Å². The lowest BCUT2D eigenvalue weighted by molar-refractivity contribution is -0.120. The van der Waals surface area contributed by atoms with Gasteiger partial charge in [-0.05, 0) is 68.1 Å². The summed E-state index contributed by atoms with van der Waals surface area (Å²) in [6, 6.07) is 16.4. The number of anilines is 3. The van der Waals surface area contributed by atoms with Gasteiger partial charge in [0.2, 0.25) is 5.91 Å². The quantitative estimate of drug-likeness (QED) is 0.258. The van der Waals surface area contributed by atoms with Gasteiger partial charge in [0.25, 0.3) is 5.91 Å². The van der Waals surface area contributed by atoms with Crippen molar-refractivity contribution in [2.45, 2.75) is 38.3 Å². The summed E-state index contributed by atoms with van der Waals surface area (Å²) >= 11 is 1.25. The lowest BCUT2D eigenvalue weighted by atomic mass is 10.1. The van der Waals surface area contributed by atoms with Crippen LogP contribution in [0.2, 0.25) is 0 Å². The fourth-order valence-corrected chi connectivity index (χ4v) is 6.35. The Balaban J connectivity index is 1.26. The van der Waals surface area contributed by atoms with E-state index in [-0.39, 0.29) is 36.5 Å². The van der Waals surface area contributed by atoms with E-state index in [1.807, 2.05) is 55.5 Å². The fraction of sp³-hybridized carbons (Fsp3) is 0.241. The largest absolute Gasteiger partial charge is 0.457 e. The summed E-state index contributed by atoms with van der Waals surface area (Å²) in [5.74, 6) is 0.914. The van der Waals surface area contributed by atoms with Crippen molar-refractivity contribution in [2.24, 2.45) is 5.73 Å². The van der Waals surface area contributed by atoms with Crippen molar-refractivity contribution < 1.29 is 19.1 Å². The summed E-state index contributed by atoms with van der Waals surface area (Å²) < 4.78 is 5.96. The summed E-state index contributed by atoms with van der Waals surface area (Å²) in [6.45, 7) is 1.86. The van der Waals surface area contributed by atoms with E-state index in [1.54, 1.807) is 17.2 Å². The number of nitrogens with zero attached hydrogens (tertiary/aromatic N) is 2. The van der Waals surface area contributed by atoms with Gasteiger partial charge in [0, 0.05) is 18.3 Å². The van der Waals surface area contributed by atoms with Gasteiger partial charge < -0.3 is 26.4 Å². The van der Waals surface area contributed by atoms with E-state index in [4.69, 9.17) is 10.5 Å². The Hall–Kier alpha value is -4.48. The van der Waals surface area contributed by atoms with Crippen LogP contribution in [0.4, 0.5) is 21.9 Å². The number of carbonyl (C=O) groups excluding carboxylic acids is 3. The van der Waals surface area contributed by atoms with Gasteiger partial charge in [-0.25, -0.2) is 9.78 Å². The minimum atomic E-state index is -0.363. The molecule has 0 spiro atoms. The number of pyridine rings is 1. The summed E-state index contributed by atoms with van der Waals surface area (Å²) in [6.07, 6.45) is 3.79. The molecule has 1 fully saturated rings. The number of benzene rings is 2. The van der Waals surface area contributed by atoms with Crippen LogP contribution < -0.4 is 31.3 Å². The van der Waals surface area contributed by atoms with E-state index in [9.17, 15) is 14.4 Å². The number of amides is 4. The van der Waals surface area contributed by atoms with Gasteiger partial charge in [0.1, 0.15) is 21.2 Å². The van der Waals surface area contributed by atoms with Gasteiger partial charge in [0.05, 0.1) is 29.0 Å². The van der Waals surface area contributed by atoms with Crippen LogP contribution in [0, 0.1) is 6.92 Å². The van der Waals surface area contributed by atoms with Gasteiger partial charge in [-0.15, -0.1) is 11.3 Å². The number of thiophene rings is 1. The summed E-state index contributed by atoms with van der Waals surface area (Å²) in [5, 5.41) is 9.62. The highest BCUT2D eigenvalue weighted by Gasteiger charge is 2.34. The third kappa shape index (κ3) is 4.85. The number of nitrogens with two attached hydrogens (primary N) is 1. The number of rotatable bonds is 7. The molecule has 40 heavy (non-hydrogen) atoms. The highest BCUT2D eigenvalue weighted by molar-refractivity contribution is 7.21. The fourth-order valence-electron chi connectivity index (χ4n) is 5.33. The number of hydrogen-bond donors (Lipinski definition) is 4. The molecule has 0 saturated heterocycles. The molecule has 2 atom stereocenters.